The van der Waals surface area contributed by atoms with Crippen LogP contribution in [0.15, 0.2) is 99.6 Å². The monoisotopic (exact) mass is 524 g/mol. The summed E-state index contributed by atoms with van der Waals surface area (Å²) in [6.07, 6.45) is 0. The molecule has 0 aromatic heterocycles. The van der Waals surface area contributed by atoms with Crippen molar-refractivity contribution in [2.24, 2.45) is 0 Å². The van der Waals surface area contributed by atoms with Gasteiger partial charge in [0.15, 0.2) is 14.7 Å². The van der Waals surface area contributed by atoms with Crippen molar-refractivity contribution in [3.63, 3.8) is 0 Å². The van der Waals surface area contributed by atoms with Crippen LogP contribution in [0.2, 0.25) is 0 Å². The summed E-state index contributed by atoms with van der Waals surface area (Å²) < 4.78 is 65.4. The van der Waals surface area contributed by atoms with E-state index in [9.17, 15) is 20.8 Å². The molecule has 0 fully saturated rings. The van der Waals surface area contributed by atoms with E-state index in [1.165, 1.54) is 14.7 Å². The van der Waals surface area contributed by atoms with E-state index in [0.717, 1.165) is 5.75 Å². The van der Waals surface area contributed by atoms with Crippen LogP contribution >= 0.6 is 0 Å². The second kappa shape index (κ2) is 8.47. The molecular weight excluding hydrogens is 501 g/mol. The van der Waals surface area contributed by atoms with E-state index in [1.54, 1.807) is 0 Å². The molecule has 0 atom stereocenters. The Morgan fingerprint density at radius 3 is 1.23 bits per heavy atom. The first-order chi connectivity index (χ1) is 14.0. The zero-order valence-corrected chi connectivity index (χ0v) is 19.8. The molecule has 31 heavy (non-hydrogen) atoms. The van der Waals surface area contributed by atoms with Gasteiger partial charge in [0.2, 0.25) is 0 Å². The van der Waals surface area contributed by atoms with Gasteiger partial charge in [0.1, 0.15) is 11.4 Å². The summed E-state index contributed by atoms with van der Waals surface area (Å²) in [4.78, 5) is 3.95. The molecule has 0 aliphatic carbocycles. The quantitative estimate of drug-likeness (QED) is 0.190. The second-order valence-corrected chi connectivity index (χ2v) is 13.6. The summed E-state index contributed by atoms with van der Waals surface area (Å²) in [5.74, 6) is 0.913. The third kappa shape index (κ3) is 11.2. The van der Waals surface area contributed by atoms with E-state index in [-0.39, 0.29) is 16.5 Å². The van der Waals surface area contributed by atoms with Gasteiger partial charge >= 0.3 is 35.0 Å². The van der Waals surface area contributed by atoms with Crippen molar-refractivity contribution in [1.29, 1.82) is 0 Å². The Morgan fingerprint density at radius 1 is 0.581 bits per heavy atom. The zero-order chi connectivity index (χ0) is 23.4. The fourth-order valence-corrected chi connectivity index (χ4v) is 4.60. The van der Waals surface area contributed by atoms with Crippen LogP contribution in [-0.2, 0) is 10.9 Å². The molecule has 0 N–H and O–H groups in total. The molecule has 3 aromatic rings. The minimum absolute atomic E-state index is 0.102. The van der Waals surface area contributed by atoms with Gasteiger partial charge in [-0.05, 0) is 69.3 Å². The molecule has 0 radical (unpaired) electrons. The first-order valence-corrected chi connectivity index (χ1v) is 14.7. The van der Waals surface area contributed by atoms with Gasteiger partial charge in [-0.2, -0.15) is 0 Å². The Bertz CT molecular complexity index is 920. The molecule has 0 aliphatic heterocycles. The number of ether oxygens (including phenoxy) is 1. The van der Waals surface area contributed by atoms with Gasteiger partial charge in [-0.1, -0.05) is 36.4 Å². The number of benzene rings is 3. The Hall–Kier alpha value is -2.05. The van der Waals surface area contributed by atoms with Crippen molar-refractivity contribution in [1.82, 2.24) is 0 Å². The maximum absolute atomic E-state index is 11.1. The van der Waals surface area contributed by atoms with Crippen molar-refractivity contribution in [3.05, 3.63) is 84.9 Å². The fraction of sp³-hybridized carbons (Fsp3) is 0.182. The topological polar surface area (TPSA) is 9.23 Å². The Kier molecular flexibility index (Phi) is 6.89. The minimum atomic E-state index is -11.1. The second-order valence-electron chi connectivity index (χ2n) is 7.58. The Balaban J connectivity index is 0.000000423. The zero-order valence-electron chi connectivity index (χ0n) is 17.1. The molecule has 0 unspecified atom stereocenters. The predicted octanol–water partition coefficient (Wildman–Crippen LogP) is 8.10. The van der Waals surface area contributed by atoms with Crippen molar-refractivity contribution in [2.75, 3.05) is 0 Å². The van der Waals surface area contributed by atoms with Crippen LogP contribution in [0.4, 0.5) is 20.8 Å². The van der Waals surface area contributed by atoms with Crippen LogP contribution in [-0.4, -0.2) is 19.8 Å². The molecular formula is C22H23AsF6OS. The molecule has 0 saturated carbocycles. The van der Waals surface area contributed by atoms with E-state index >= 15 is 0 Å². The summed E-state index contributed by atoms with van der Waals surface area (Å²) >= 11 is -11.1. The van der Waals surface area contributed by atoms with E-state index < -0.39 is 14.2 Å². The third-order valence-electron chi connectivity index (χ3n) is 3.44. The summed E-state index contributed by atoms with van der Waals surface area (Å²) in [6, 6.07) is 29.9. The molecule has 170 valence electrons. The average Bonchev–Trinajstić information content (AvgIpc) is 2.61. The van der Waals surface area contributed by atoms with E-state index in [1.807, 2.05) is 0 Å². The first-order valence-electron chi connectivity index (χ1n) is 9.18. The molecule has 0 aliphatic rings. The summed E-state index contributed by atoms with van der Waals surface area (Å²) in [7, 11) is -0.102. The molecule has 0 heterocycles. The van der Waals surface area contributed by atoms with Crippen molar-refractivity contribution >= 4 is 25.1 Å². The molecule has 0 saturated heterocycles. The molecule has 0 bridgehead atoms. The first kappa shape index (κ1) is 25.2. The number of hydrogen-bond donors (Lipinski definition) is 0. The fourth-order valence-electron chi connectivity index (χ4n) is 2.52. The van der Waals surface area contributed by atoms with Crippen LogP contribution < -0.4 is 4.74 Å². The Labute approximate surface area is 182 Å². The van der Waals surface area contributed by atoms with Gasteiger partial charge in [0.05, 0.1) is 10.9 Å². The molecule has 0 amide bonds. The van der Waals surface area contributed by atoms with Gasteiger partial charge in [0, 0.05) is 0 Å². The average molecular weight is 524 g/mol. The standard InChI is InChI=1S/C22H23OS.AsF6/c1-22(2,3)23-18-14-16-21(17-15-18)24(19-10-6-4-7-11-19)20-12-8-5-9-13-20;2-1(3,4,5,6)7/h4-17H,1-3H3;/q+1;-1. The normalized spacial score (nSPS) is 14.1. The molecule has 3 aromatic carbocycles. The Morgan fingerprint density at radius 2 is 0.903 bits per heavy atom. The molecule has 9 heteroatoms. The number of rotatable bonds is 4. The van der Waals surface area contributed by atoms with Crippen LogP contribution in [0, 0.1) is 0 Å². The summed E-state index contributed by atoms with van der Waals surface area (Å²) in [5, 5.41) is 0. The number of hydrogen-bond acceptors (Lipinski definition) is 1. The van der Waals surface area contributed by atoms with Gasteiger partial charge in [-0.15, -0.1) is 0 Å². The van der Waals surface area contributed by atoms with Crippen molar-refractivity contribution in [3.8, 4) is 5.75 Å². The van der Waals surface area contributed by atoms with Gasteiger partial charge in [-0.25, -0.2) is 0 Å². The van der Waals surface area contributed by atoms with Crippen LogP contribution in [0.5, 0.6) is 5.75 Å². The van der Waals surface area contributed by atoms with Gasteiger partial charge in [-0.3, -0.25) is 0 Å². The SMILES string of the molecule is CC(C)(C)Oc1ccc([S+](c2ccccc2)c2ccccc2)cc1.F[As-](F)(F)(F)(F)F. The third-order valence-corrected chi connectivity index (χ3v) is 5.67. The van der Waals surface area contributed by atoms with Crippen LogP contribution in [0.1, 0.15) is 20.8 Å². The predicted molar refractivity (Wildman–Crippen MR) is 114 cm³/mol. The van der Waals surface area contributed by atoms with Gasteiger partial charge in [0.25, 0.3) is 0 Å². The van der Waals surface area contributed by atoms with Crippen molar-refractivity contribution in [2.45, 2.75) is 41.1 Å². The summed E-state index contributed by atoms with van der Waals surface area (Å²) in [6.45, 7) is 6.21. The van der Waals surface area contributed by atoms with E-state index in [4.69, 9.17) is 4.74 Å². The maximum atomic E-state index is 9.91. The van der Waals surface area contributed by atoms with E-state index in [0.29, 0.717) is 0 Å². The molecule has 3 rings (SSSR count). The van der Waals surface area contributed by atoms with Crippen LogP contribution in [0.3, 0.4) is 0 Å². The summed E-state index contributed by atoms with van der Waals surface area (Å²) in [5.41, 5.74) is -0.179. The van der Waals surface area contributed by atoms with Crippen molar-refractivity contribution < 1.29 is 25.5 Å². The van der Waals surface area contributed by atoms with Gasteiger partial charge < -0.3 is 4.74 Å². The molecule has 0 spiro atoms. The number of halogens is 6. The van der Waals surface area contributed by atoms with Crippen LogP contribution in [0.25, 0.3) is 0 Å². The molecule has 1 nitrogen and oxygen atoms in total. The van der Waals surface area contributed by atoms with E-state index in [2.05, 4.69) is 106 Å².